The van der Waals surface area contributed by atoms with Crippen molar-refractivity contribution in [3.63, 3.8) is 0 Å². The van der Waals surface area contributed by atoms with Gasteiger partial charge in [0.2, 0.25) is 11.9 Å². The Labute approximate surface area is 89.5 Å². The Morgan fingerprint density at radius 1 is 1.53 bits per heavy atom. The Balaban J connectivity index is 2.35. The Bertz CT molecular complexity index is 338. The van der Waals surface area contributed by atoms with E-state index in [9.17, 15) is 4.79 Å². The number of rotatable bonds is 4. The zero-order valence-electron chi connectivity index (χ0n) is 9.32. The van der Waals surface area contributed by atoms with Gasteiger partial charge >= 0.3 is 0 Å². The third-order valence-electron chi connectivity index (χ3n) is 1.92. The molecular weight excluding hydrogens is 192 g/mol. The summed E-state index contributed by atoms with van der Waals surface area (Å²) in [7, 11) is 3.48. The smallest absolute Gasteiger partial charge is 0.223 e. The Kier molecular flexibility index (Phi) is 4.03. The summed E-state index contributed by atoms with van der Waals surface area (Å²) in [5.74, 6) is 0.664. The molecule has 1 aromatic heterocycles. The summed E-state index contributed by atoms with van der Waals surface area (Å²) in [4.78, 5) is 21.0. The van der Waals surface area contributed by atoms with E-state index < -0.39 is 0 Å². The van der Waals surface area contributed by atoms with E-state index in [1.807, 2.05) is 13.0 Å². The molecule has 0 bridgehead atoms. The number of carbonyl (C=O) groups is 1. The molecule has 0 aliphatic carbocycles. The predicted octanol–water partition coefficient (Wildman–Crippen LogP) is 0.675. The van der Waals surface area contributed by atoms with Crippen LogP contribution in [0.25, 0.3) is 0 Å². The molecule has 5 heteroatoms. The minimum Gasteiger partial charge on any atom is -0.354 e. The first-order valence-corrected chi connectivity index (χ1v) is 4.83. The van der Waals surface area contributed by atoms with Gasteiger partial charge in [0.25, 0.3) is 0 Å². The monoisotopic (exact) mass is 208 g/mol. The highest BCUT2D eigenvalue weighted by Gasteiger charge is 2.03. The zero-order chi connectivity index (χ0) is 11.3. The lowest BCUT2D eigenvalue weighted by Gasteiger charge is -2.10. The van der Waals surface area contributed by atoms with Crippen LogP contribution in [0.5, 0.6) is 0 Å². The summed E-state index contributed by atoms with van der Waals surface area (Å²) >= 11 is 0. The second-order valence-corrected chi connectivity index (χ2v) is 3.49. The van der Waals surface area contributed by atoms with Gasteiger partial charge in [-0.05, 0) is 13.0 Å². The first-order chi connectivity index (χ1) is 7.09. The van der Waals surface area contributed by atoms with Crippen molar-refractivity contribution in [1.29, 1.82) is 0 Å². The summed E-state index contributed by atoms with van der Waals surface area (Å²) in [6.45, 7) is 2.46. The standard InChI is InChI=1S/C10H16N4O/c1-8-4-6-11-10(13-8)12-7-5-9(15)14(2)3/h4,6H,5,7H2,1-3H3,(H,11,12,13). The molecule has 15 heavy (non-hydrogen) atoms. The second kappa shape index (κ2) is 5.29. The van der Waals surface area contributed by atoms with Crippen molar-refractivity contribution in [1.82, 2.24) is 14.9 Å². The number of nitrogens with zero attached hydrogens (tertiary/aromatic N) is 3. The topological polar surface area (TPSA) is 58.1 Å². The molecule has 1 N–H and O–H groups in total. The van der Waals surface area contributed by atoms with Crippen LogP contribution in [0.4, 0.5) is 5.95 Å². The number of hydrogen-bond acceptors (Lipinski definition) is 4. The molecule has 1 aromatic rings. The fraction of sp³-hybridized carbons (Fsp3) is 0.500. The van der Waals surface area contributed by atoms with Gasteiger partial charge in [-0.15, -0.1) is 0 Å². The van der Waals surface area contributed by atoms with Crippen LogP contribution in [0.15, 0.2) is 12.3 Å². The van der Waals surface area contributed by atoms with Crippen molar-refractivity contribution in [3.8, 4) is 0 Å². The van der Waals surface area contributed by atoms with Gasteiger partial charge in [-0.3, -0.25) is 4.79 Å². The number of amides is 1. The van der Waals surface area contributed by atoms with Crippen molar-refractivity contribution < 1.29 is 4.79 Å². The number of anilines is 1. The van der Waals surface area contributed by atoms with Crippen molar-refractivity contribution in [3.05, 3.63) is 18.0 Å². The van der Waals surface area contributed by atoms with Crippen LogP contribution < -0.4 is 5.32 Å². The van der Waals surface area contributed by atoms with Crippen molar-refractivity contribution in [2.24, 2.45) is 0 Å². The Morgan fingerprint density at radius 2 is 2.27 bits per heavy atom. The third-order valence-corrected chi connectivity index (χ3v) is 1.92. The van der Waals surface area contributed by atoms with Crippen molar-refractivity contribution in [2.75, 3.05) is 26.0 Å². The van der Waals surface area contributed by atoms with E-state index in [0.717, 1.165) is 5.69 Å². The van der Waals surface area contributed by atoms with Gasteiger partial charge in [-0.25, -0.2) is 9.97 Å². The highest BCUT2D eigenvalue weighted by molar-refractivity contribution is 5.75. The van der Waals surface area contributed by atoms with E-state index in [1.54, 1.807) is 25.2 Å². The first-order valence-electron chi connectivity index (χ1n) is 4.83. The molecule has 0 aliphatic rings. The molecule has 0 aliphatic heterocycles. The van der Waals surface area contributed by atoms with Crippen LogP contribution in [0.2, 0.25) is 0 Å². The molecule has 0 spiro atoms. The fourth-order valence-corrected chi connectivity index (χ4v) is 1.04. The molecule has 1 rings (SSSR count). The molecule has 0 atom stereocenters. The third kappa shape index (κ3) is 3.93. The molecule has 0 radical (unpaired) electrons. The first kappa shape index (κ1) is 11.4. The van der Waals surface area contributed by atoms with Gasteiger partial charge in [0.1, 0.15) is 0 Å². The average molecular weight is 208 g/mol. The SMILES string of the molecule is Cc1ccnc(NCCC(=O)N(C)C)n1. The largest absolute Gasteiger partial charge is 0.354 e. The second-order valence-electron chi connectivity index (χ2n) is 3.49. The molecule has 0 saturated heterocycles. The summed E-state index contributed by atoms with van der Waals surface area (Å²) in [5.41, 5.74) is 0.909. The fourth-order valence-electron chi connectivity index (χ4n) is 1.04. The van der Waals surface area contributed by atoms with E-state index >= 15 is 0 Å². The van der Waals surface area contributed by atoms with Crippen LogP contribution in [0.3, 0.4) is 0 Å². The summed E-state index contributed by atoms with van der Waals surface area (Å²) in [6.07, 6.45) is 2.14. The molecule has 5 nitrogen and oxygen atoms in total. The number of carbonyl (C=O) groups excluding carboxylic acids is 1. The number of hydrogen-bond donors (Lipinski definition) is 1. The van der Waals surface area contributed by atoms with Crippen LogP contribution in [-0.2, 0) is 4.79 Å². The lowest BCUT2D eigenvalue weighted by molar-refractivity contribution is -0.128. The van der Waals surface area contributed by atoms with Crippen LogP contribution in [-0.4, -0.2) is 41.4 Å². The van der Waals surface area contributed by atoms with E-state index in [2.05, 4.69) is 15.3 Å². The van der Waals surface area contributed by atoms with Crippen molar-refractivity contribution >= 4 is 11.9 Å². The molecule has 1 heterocycles. The molecule has 1 amide bonds. The summed E-state index contributed by atoms with van der Waals surface area (Å²) < 4.78 is 0. The van der Waals surface area contributed by atoms with Gasteiger partial charge in [0.05, 0.1) is 0 Å². The number of nitrogens with one attached hydrogen (secondary N) is 1. The molecule has 82 valence electrons. The molecule has 0 aromatic carbocycles. The van der Waals surface area contributed by atoms with E-state index in [-0.39, 0.29) is 5.91 Å². The van der Waals surface area contributed by atoms with Crippen LogP contribution in [0.1, 0.15) is 12.1 Å². The maximum atomic E-state index is 11.2. The van der Waals surface area contributed by atoms with Crippen LogP contribution in [0, 0.1) is 6.92 Å². The minimum absolute atomic E-state index is 0.0927. The maximum Gasteiger partial charge on any atom is 0.223 e. The Hall–Kier alpha value is -1.65. The van der Waals surface area contributed by atoms with E-state index in [0.29, 0.717) is 18.9 Å². The van der Waals surface area contributed by atoms with Gasteiger partial charge in [-0.1, -0.05) is 0 Å². The van der Waals surface area contributed by atoms with Crippen molar-refractivity contribution in [2.45, 2.75) is 13.3 Å². The molecule has 0 saturated carbocycles. The van der Waals surface area contributed by atoms with E-state index in [4.69, 9.17) is 0 Å². The highest BCUT2D eigenvalue weighted by Crippen LogP contribution is 1.99. The normalized spacial score (nSPS) is 9.80. The minimum atomic E-state index is 0.0927. The zero-order valence-corrected chi connectivity index (χ0v) is 9.32. The predicted molar refractivity (Wildman–Crippen MR) is 58.6 cm³/mol. The quantitative estimate of drug-likeness (QED) is 0.790. The van der Waals surface area contributed by atoms with Gasteiger partial charge in [-0.2, -0.15) is 0 Å². The lowest BCUT2D eigenvalue weighted by Crippen LogP contribution is -2.24. The molecule has 0 fully saturated rings. The summed E-state index contributed by atoms with van der Waals surface area (Å²) in [6, 6.07) is 1.83. The lowest BCUT2D eigenvalue weighted by atomic mass is 10.4. The maximum absolute atomic E-state index is 11.2. The average Bonchev–Trinajstić information content (AvgIpc) is 2.17. The van der Waals surface area contributed by atoms with Crippen LogP contribution >= 0.6 is 0 Å². The van der Waals surface area contributed by atoms with Gasteiger partial charge in [0.15, 0.2) is 0 Å². The molecule has 0 unspecified atom stereocenters. The summed E-state index contributed by atoms with van der Waals surface area (Å²) in [5, 5.41) is 3.00. The molecular formula is C10H16N4O. The van der Waals surface area contributed by atoms with Gasteiger partial charge < -0.3 is 10.2 Å². The number of aromatic nitrogens is 2. The highest BCUT2D eigenvalue weighted by atomic mass is 16.2. The van der Waals surface area contributed by atoms with E-state index in [1.165, 1.54) is 0 Å². The Morgan fingerprint density at radius 3 is 2.87 bits per heavy atom. The van der Waals surface area contributed by atoms with Gasteiger partial charge in [0, 0.05) is 39.0 Å². The number of aryl methyl sites for hydroxylation is 1.